The van der Waals surface area contributed by atoms with Crippen LogP contribution in [0.15, 0.2) is 30.3 Å². The summed E-state index contributed by atoms with van der Waals surface area (Å²) in [6, 6.07) is 6.34. The zero-order chi connectivity index (χ0) is 15.8. The second kappa shape index (κ2) is 8.09. The van der Waals surface area contributed by atoms with Gasteiger partial charge in [-0.2, -0.15) is 0 Å². The summed E-state index contributed by atoms with van der Waals surface area (Å²) in [5.74, 6) is -0.509. The molecule has 0 saturated heterocycles. The minimum atomic E-state index is -1.02. The van der Waals surface area contributed by atoms with Gasteiger partial charge in [0.2, 0.25) is 5.91 Å². The number of nitrogens with one attached hydrogen (secondary N) is 1. The van der Waals surface area contributed by atoms with Crippen molar-refractivity contribution in [1.82, 2.24) is 5.32 Å². The number of amides is 1. The van der Waals surface area contributed by atoms with Crippen molar-refractivity contribution in [3.63, 3.8) is 0 Å². The largest absolute Gasteiger partial charge is 0.497 e. The van der Waals surface area contributed by atoms with Gasteiger partial charge in [-0.3, -0.25) is 4.79 Å². The molecule has 0 saturated carbocycles. The van der Waals surface area contributed by atoms with E-state index in [1.165, 1.54) is 6.08 Å². The maximum atomic E-state index is 11.7. The number of carboxylic acid groups (broad SMARTS) is 1. The van der Waals surface area contributed by atoms with Crippen LogP contribution in [0, 0.1) is 5.92 Å². The third-order valence-corrected chi connectivity index (χ3v) is 2.86. The fraction of sp³-hybridized carbons (Fsp3) is 0.375. The monoisotopic (exact) mass is 291 g/mol. The van der Waals surface area contributed by atoms with Crippen molar-refractivity contribution in [1.29, 1.82) is 0 Å². The second-order valence-corrected chi connectivity index (χ2v) is 5.14. The summed E-state index contributed by atoms with van der Waals surface area (Å²) in [7, 11) is 1.58. The van der Waals surface area contributed by atoms with Crippen molar-refractivity contribution < 1.29 is 19.4 Å². The predicted octanol–water partition coefficient (Wildman–Crippen LogP) is 2.32. The third kappa shape index (κ3) is 6.12. The van der Waals surface area contributed by atoms with E-state index >= 15 is 0 Å². The van der Waals surface area contributed by atoms with Gasteiger partial charge in [-0.15, -0.1) is 0 Å². The number of carbonyl (C=O) groups excluding carboxylic acids is 1. The summed E-state index contributed by atoms with van der Waals surface area (Å²) < 4.78 is 5.04. The number of aliphatic carboxylic acids is 1. The predicted molar refractivity (Wildman–Crippen MR) is 81.0 cm³/mol. The van der Waals surface area contributed by atoms with E-state index in [2.05, 4.69) is 5.32 Å². The Morgan fingerprint density at radius 1 is 1.29 bits per heavy atom. The van der Waals surface area contributed by atoms with Crippen LogP contribution in [-0.2, 0) is 9.59 Å². The molecule has 0 heterocycles. The molecule has 5 heteroatoms. The van der Waals surface area contributed by atoms with Crippen molar-refractivity contribution in [2.45, 2.75) is 26.3 Å². The Bertz CT molecular complexity index is 506. The average molecular weight is 291 g/mol. The van der Waals surface area contributed by atoms with Crippen molar-refractivity contribution in [2.75, 3.05) is 7.11 Å². The highest BCUT2D eigenvalue weighted by atomic mass is 16.5. The van der Waals surface area contributed by atoms with E-state index in [0.29, 0.717) is 6.42 Å². The molecule has 0 fully saturated rings. The molecular formula is C16H21NO4. The Hall–Kier alpha value is -2.30. The molecule has 0 spiro atoms. The molecule has 0 aliphatic rings. The second-order valence-electron chi connectivity index (χ2n) is 5.14. The molecule has 0 aliphatic carbocycles. The standard InChI is InChI=1S/C16H21NO4/c1-11(2)10-14(16(19)20)17-15(18)9-6-12-4-7-13(21-3)8-5-12/h4-9,11,14H,10H2,1-3H3,(H,17,18)(H,19,20)/b9-6+/t14-/m1/s1. The Morgan fingerprint density at radius 3 is 2.38 bits per heavy atom. The lowest BCUT2D eigenvalue weighted by atomic mass is 10.0. The summed E-state index contributed by atoms with van der Waals surface area (Å²) >= 11 is 0. The topological polar surface area (TPSA) is 75.6 Å². The smallest absolute Gasteiger partial charge is 0.326 e. The molecule has 1 amide bonds. The quantitative estimate of drug-likeness (QED) is 0.756. The Balaban J connectivity index is 2.61. The van der Waals surface area contributed by atoms with Crippen LogP contribution in [0.5, 0.6) is 5.75 Å². The van der Waals surface area contributed by atoms with E-state index in [1.54, 1.807) is 25.3 Å². The number of carbonyl (C=O) groups is 2. The number of carboxylic acids is 1. The fourth-order valence-corrected chi connectivity index (χ4v) is 1.80. The number of hydrogen-bond acceptors (Lipinski definition) is 3. The van der Waals surface area contributed by atoms with E-state index in [4.69, 9.17) is 9.84 Å². The van der Waals surface area contributed by atoms with E-state index in [0.717, 1.165) is 11.3 Å². The third-order valence-electron chi connectivity index (χ3n) is 2.86. The zero-order valence-corrected chi connectivity index (χ0v) is 12.5. The molecule has 1 atom stereocenters. The Morgan fingerprint density at radius 2 is 1.90 bits per heavy atom. The maximum absolute atomic E-state index is 11.7. The lowest BCUT2D eigenvalue weighted by molar-refractivity contribution is -0.141. The van der Waals surface area contributed by atoms with Crippen LogP contribution in [0.3, 0.4) is 0 Å². The first-order chi connectivity index (χ1) is 9.92. The summed E-state index contributed by atoms with van der Waals surface area (Å²) in [6.07, 6.45) is 3.36. The summed E-state index contributed by atoms with van der Waals surface area (Å²) in [4.78, 5) is 22.8. The molecule has 0 aromatic heterocycles. The minimum Gasteiger partial charge on any atom is -0.497 e. The van der Waals surface area contributed by atoms with Crippen LogP contribution in [0.25, 0.3) is 6.08 Å². The highest BCUT2D eigenvalue weighted by Crippen LogP contribution is 2.12. The van der Waals surface area contributed by atoms with Gasteiger partial charge in [-0.1, -0.05) is 26.0 Å². The minimum absolute atomic E-state index is 0.192. The highest BCUT2D eigenvalue weighted by Gasteiger charge is 2.19. The number of methoxy groups -OCH3 is 1. The molecule has 0 bridgehead atoms. The van der Waals surface area contributed by atoms with Crippen LogP contribution in [0.4, 0.5) is 0 Å². The molecule has 0 radical (unpaired) electrons. The first kappa shape index (κ1) is 16.8. The van der Waals surface area contributed by atoms with Gasteiger partial charge in [0, 0.05) is 6.08 Å². The fourth-order valence-electron chi connectivity index (χ4n) is 1.80. The Kier molecular flexibility index (Phi) is 6.46. The number of hydrogen-bond donors (Lipinski definition) is 2. The van der Waals surface area contributed by atoms with Gasteiger partial charge < -0.3 is 15.2 Å². The van der Waals surface area contributed by atoms with Gasteiger partial charge in [0.25, 0.3) is 0 Å². The average Bonchev–Trinajstić information content (AvgIpc) is 2.44. The molecule has 1 rings (SSSR count). The lowest BCUT2D eigenvalue weighted by Gasteiger charge is -2.15. The number of ether oxygens (including phenoxy) is 1. The van der Waals surface area contributed by atoms with Crippen LogP contribution in [0.2, 0.25) is 0 Å². The number of rotatable bonds is 7. The van der Waals surface area contributed by atoms with Crippen LogP contribution >= 0.6 is 0 Å². The summed E-state index contributed by atoms with van der Waals surface area (Å²) in [5.41, 5.74) is 0.835. The van der Waals surface area contributed by atoms with E-state index < -0.39 is 17.9 Å². The van der Waals surface area contributed by atoms with Crippen molar-refractivity contribution >= 4 is 18.0 Å². The van der Waals surface area contributed by atoms with Gasteiger partial charge in [0.15, 0.2) is 0 Å². The maximum Gasteiger partial charge on any atom is 0.326 e. The highest BCUT2D eigenvalue weighted by molar-refractivity contribution is 5.94. The van der Waals surface area contributed by atoms with Crippen LogP contribution < -0.4 is 10.1 Å². The molecule has 1 aromatic rings. The van der Waals surface area contributed by atoms with E-state index in [-0.39, 0.29) is 5.92 Å². The normalized spacial score (nSPS) is 12.4. The van der Waals surface area contributed by atoms with Gasteiger partial charge in [0.05, 0.1) is 7.11 Å². The zero-order valence-electron chi connectivity index (χ0n) is 12.5. The molecule has 0 aliphatic heterocycles. The van der Waals surface area contributed by atoms with Crippen LogP contribution in [-0.4, -0.2) is 30.1 Å². The molecule has 21 heavy (non-hydrogen) atoms. The van der Waals surface area contributed by atoms with Gasteiger partial charge >= 0.3 is 5.97 Å². The molecule has 0 unspecified atom stereocenters. The van der Waals surface area contributed by atoms with Gasteiger partial charge in [-0.25, -0.2) is 4.79 Å². The molecule has 114 valence electrons. The molecular weight excluding hydrogens is 270 g/mol. The lowest BCUT2D eigenvalue weighted by Crippen LogP contribution is -2.40. The van der Waals surface area contributed by atoms with Gasteiger partial charge in [-0.05, 0) is 36.1 Å². The SMILES string of the molecule is COc1ccc(/C=C/C(=O)N[C@H](CC(C)C)C(=O)O)cc1. The molecule has 2 N–H and O–H groups in total. The van der Waals surface area contributed by atoms with Gasteiger partial charge in [0.1, 0.15) is 11.8 Å². The van der Waals surface area contributed by atoms with E-state index in [9.17, 15) is 9.59 Å². The molecule has 1 aromatic carbocycles. The van der Waals surface area contributed by atoms with Crippen molar-refractivity contribution in [3.05, 3.63) is 35.9 Å². The first-order valence-electron chi connectivity index (χ1n) is 6.77. The summed E-state index contributed by atoms with van der Waals surface area (Å²) in [5, 5.41) is 11.6. The number of benzene rings is 1. The van der Waals surface area contributed by atoms with E-state index in [1.807, 2.05) is 26.0 Å². The van der Waals surface area contributed by atoms with Crippen molar-refractivity contribution in [3.8, 4) is 5.75 Å². The summed E-state index contributed by atoms with van der Waals surface area (Å²) in [6.45, 7) is 3.82. The molecule has 5 nitrogen and oxygen atoms in total. The first-order valence-corrected chi connectivity index (χ1v) is 6.77. The van der Waals surface area contributed by atoms with Crippen LogP contribution in [0.1, 0.15) is 25.8 Å². The van der Waals surface area contributed by atoms with Crippen molar-refractivity contribution in [2.24, 2.45) is 5.92 Å². The Labute approximate surface area is 124 Å².